The van der Waals surface area contributed by atoms with Crippen molar-refractivity contribution in [3.8, 4) is 0 Å². The molecule has 11 nitrogen and oxygen atoms in total. The van der Waals surface area contributed by atoms with Gasteiger partial charge in [-0.25, -0.2) is 4.79 Å². The summed E-state index contributed by atoms with van der Waals surface area (Å²) in [6.45, 7) is 3.65. The average Bonchev–Trinajstić information content (AvgIpc) is 2.98. The first-order valence-electron chi connectivity index (χ1n) is 12.9. The predicted octanol–water partition coefficient (Wildman–Crippen LogP) is 6.46. The van der Waals surface area contributed by atoms with Crippen LogP contribution in [0.3, 0.4) is 0 Å². The molecule has 0 bridgehead atoms. The third-order valence-corrected chi connectivity index (χ3v) is 5.43. The summed E-state index contributed by atoms with van der Waals surface area (Å²) in [5.41, 5.74) is 8.64. The van der Waals surface area contributed by atoms with Crippen molar-refractivity contribution in [2.75, 3.05) is 5.73 Å². The SMILES string of the molecule is CCC(=O)/C=C/c1cccc([N+](=O)[O-])c1.CCC(=O)CCc1cccc(N)c1.O=C(O)/C=C/c1cccc([N+](=O)[O-])c1. The van der Waals surface area contributed by atoms with Gasteiger partial charge in [-0.05, 0) is 47.4 Å². The number of allylic oxidation sites excluding steroid dienone is 1. The number of carbonyl (C=O) groups excluding carboxylic acids is 2. The number of hydrogen-bond donors (Lipinski definition) is 2. The van der Waals surface area contributed by atoms with Crippen LogP contribution < -0.4 is 5.73 Å². The van der Waals surface area contributed by atoms with Gasteiger partial charge in [-0.1, -0.05) is 56.3 Å². The maximum absolute atomic E-state index is 11.0. The lowest BCUT2D eigenvalue weighted by Crippen LogP contribution is -1.98. The second-order valence-corrected chi connectivity index (χ2v) is 8.67. The van der Waals surface area contributed by atoms with Crippen molar-refractivity contribution in [2.24, 2.45) is 0 Å². The van der Waals surface area contributed by atoms with Crippen LogP contribution in [0.15, 0.2) is 84.9 Å². The van der Waals surface area contributed by atoms with Crippen molar-refractivity contribution >= 4 is 46.7 Å². The molecule has 0 aromatic heterocycles. The number of benzene rings is 3. The average molecular weight is 576 g/mol. The lowest BCUT2D eigenvalue weighted by Gasteiger charge is -2.00. The molecule has 42 heavy (non-hydrogen) atoms. The summed E-state index contributed by atoms with van der Waals surface area (Å²) in [6, 6.07) is 19.6. The number of carboxylic acids is 1. The van der Waals surface area contributed by atoms with Crippen LogP contribution in [0.4, 0.5) is 17.1 Å². The number of aryl methyl sites for hydroxylation is 1. The number of nitrogens with two attached hydrogens (primary N) is 1. The van der Waals surface area contributed by atoms with E-state index in [0.29, 0.717) is 36.2 Å². The standard InChI is InChI=1S/C11H11NO3.C11H15NO.C9H7NO4/c1-2-11(13)7-6-9-4-3-5-10(8-9)12(14)15;1-2-11(13)7-6-9-4-3-5-10(12)8-9;11-9(12)5-4-7-2-1-3-8(6-7)10(13)14/h3-8H,2H2,1H3;3-5,8H,2,6-7,12H2,1H3;1-6H,(H,11,12)/b7-6+;;5-4+. The maximum Gasteiger partial charge on any atom is 0.328 e. The van der Waals surface area contributed by atoms with Crippen LogP contribution in [0, 0.1) is 20.2 Å². The Kier molecular flexibility index (Phi) is 15.5. The zero-order valence-corrected chi connectivity index (χ0v) is 23.3. The number of aliphatic carboxylic acids is 1. The Bertz CT molecular complexity index is 1450. The van der Waals surface area contributed by atoms with E-state index in [0.717, 1.165) is 23.7 Å². The summed E-state index contributed by atoms with van der Waals surface area (Å²) in [5.74, 6) is -0.777. The van der Waals surface area contributed by atoms with E-state index in [1.165, 1.54) is 42.5 Å². The van der Waals surface area contributed by atoms with E-state index in [2.05, 4.69) is 0 Å². The number of nitrogens with zero attached hydrogens (tertiary/aromatic N) is 2. The number of nitro benzene ring substituents is 2. The number of anilines is 1. The van der Waals surface area contributed by atoms with Crippen molar-refractivity contribution in [3.05, 3.63) is 122 Å². The molecule has 0 saturated carbocycles. The predicted molar refractivity (Wildman–Crippen MR) is 162 cm³/mol. The summed E-state index contributed by atoms with van der Waals surface area (Å²) in [5, 5.41) is 29.2. The monoisotopic (exact) mass is 575 g/mol. The van der Waals surface area contributed by atoms with E-state index >= 15 is 0 Å². The van der Waals surface area contributed by atoms with Crippen LogP contribution in [0.2, 0.25) is 0 Å². The van der Waals surface area contributed by atoms with Gasteiger partial charge in [0.15, 0.2) is 5.78 Å². The van der Waals surface area contributed by atoms with Gasteiger partial charge in [0.1, 0.15) is 5.78 Å². The van der Waals surface area contributed by atoms with Gasteiger partial charge in [-0.2, -0.15) is 0 Å². The van der Waals surface area contributed by atoms with Crippen LogP contribution >= 0.6 is 0 Å². The van der Waals surface area contributed by atoms with Crippen LogP contribution in [0.25, 0.3) is 12.2 Å². The van der Waals surface area contributed by atoms with Gasteiger partial charge in [-0.15, -0.1) is 0 Å². The molecule has 3 aromatic rings. The molecule has 0 spiro atoms. The van der Waals surface area contributed by atoms with Crippen molar-refractivity contribution in [2.45, 2.75) is 39.5 Å². The zero-order valence-electron chi connectivity index (χ0n) is 23.3. The topological polar surface area (TPSA) is 184 Å². The van der Waals surface area contributed by atoms with E-state index in [-0.39, 0.29) is 17.2 Å². The molecule has 0 radical (unpaired) electrons. The number of non-ortho nitro benzene ring substituents is 2. The molecule has 0 atom stereocenters. The fourth-order valence-corrected chi connectivity index (χ4v) is 3.17. The molecule has 11 heteroatoms. The minimum absolute atomic E-state index is 0.00139. The smallest absolute Gasteiger partial charge is 0.328 e. The first-order chi connectivity index (χ1) is 19.9. The van der Waals surface area contributed by atoms with E-state index in [9.17, 15) is 34.6 Å². The summed E-state index contributed by atoms with van der Waals surface area (Å²) in [6.07, 6.45) is 7.73. The molecule has 0 aliphatic heterocycles. The van der Waals surface area contributed by atoms with Crippen LogP contribution in [0.5, 0.6) is 0 Å². The van der Waals surface area contributed by atoms with Gasteiger partial charge in [-0.3, -0.25) is 29.8 Å². The second-order valence-electron chi connectivity index (χ2n) is 8.67. The molecular weight excluding hydrogens is 542 g/mol. The van der Waals surface area contributed by atoms with E-state index in [1.54, 1.807) is 31.2 Å². The Hall–Kier alpha value is -5.45. The fourth-order valence-electron chi connectivity index (χ4n) is 3.17. The van der Waals surface area contributed by atoms with Gasteiger partial charge in [0.2, 0.25) is 0 Å². The quantitative estimate of drug-likeness (QED) is 0.112. The summed E-state index contributed by atoms with van der Waals surface area (Å²) in [4.78, 5) is 52.0. The Balaban J connectivity index is 0.000000316. The highest BCUT2D eigenvalue weighted by Gasteiger charge is 2.04. The number of Topliss-reactive ketones (excluding diaryl/α,β-unsaturated/α-hetero) is 1. The normalized spacial score (nSPS) is 10.2. The molecule has 3 rings (SSSR count). The lowest BCUT2D eigenvalue weighted by molar-refractivity contribution is -0.385. The Morgan fingerprint density at radius 2 is 1.31 bits per heavy atom. The van der Waals surface area contributed by atoms with Gasteiger partial charge >= 0.3 is 5.97 Å². The van der Waals surface area contributed by atoms with Crippen molar-refractivity contribution in [1.82, 2.24) is 0 Å². The molecule has 3 N–H and O–H groups in total. The van der Waals surface area contributed by atoms with E-state index in [4.69, 9.17) is 10.8 Å². The van der Waals surface area contributed by atoms with Gasteiger partial charge < -0.3 is 10.8 Å². The van der Waals surface area contributed by atoms with Crippen LogP contribution in [-0.4, -0.2) is 32.5 Å². The van der Waals surface area contributed by atoms with Crippen molar-refractivity contribution in [3.63, 3.8) is 0 Å². The number of carbonyl (C=O) groups is 3. The van der Waals surface area contributed by atoms with Crippen molar-refractivity contribution < 1.29 is 29.3 Å². The number of hydrogen-bond acceptors (Lipinski definition) is 8. The molecule has 0 fully saturated rings. The fraction of sp³-hybridized carbons (Fsp3) is 0.194. The lowest BCUT2D eigenvalue weighted by atomic mass is 10.1. The van der Waals surface area contributed by atoms with E-state index < -0.39 is 15.8 Å². The van der Waals surface area contributed by atoms with Gasteiger partial charge in [0.25, 0.3) is 11.4 Å². The van der Waals surface area contributed by atoms with Gasteiger partial charge in [0.05, 0.1) is 9.85 Å². The number of carboxylic acid groups (broad SMARTS) is 1. The molecular formula is C31H33N3O8. The Labute approximate surface area is 243 Å². The number of rotatable bonds is 11. The summed E-state index contributed by atoms with van der Waals surface area (Å²) >= 11 is 0. The van der Waals surface area contributed by atoms with E-state index in [1.807, 2.05) is 31.2 Å². The Morgan fingerprint density at radius 3 is 1.76 bits per heavy atom. The highest BCUT2D eigenvalue weighted by Crippen LogP contribution is 2.15. The summed E-state index contributed by atoms with van der Waals surface area (Å²) in [7, 11) is 0. The van der Waals surface area contributed by atoms with Crippen LogP contribution in [-0.2, 0) is 20.8 Å². The van der Waals surface area contributed by atoms with Gasteiger partial charge in [0, 0.05) is 55.3 Å². The number of ketones is 2. The minimum Gasteiger partial charge on any atom is -0.478 e. The van der Waals surface area contributed by atoms with Crippen LogP contribution in [0.1, 0.15) is 49.8 Å². The largest absolute Gasteiger partial charge is 0.478 e. The molecule has 0 aliphatic carbocycles. The minimum atomic E-state index is -1.09. The highest BCUT2D eigenvalue weighted by atomic mass is 16.6. The highest BCUT2D eigenvalue weighted by molar-refractivity contribution is 5.93. The molecule has 220 valence electrons. The first kappa shape index (κ1) is 34.6. The molecule has 0 heterocycles. The second kappa shape index (κ2) is 18.8. The van der Waals surface area contributed by atoms with Crippen molar-refractivity contribution in [1.29, 1.82) is 0 Å². The third kappa shape index (κ3) is 14.6. The molecule has 0 unspecified atom stereocenters. The molecule has 0 saturated heterocycles. The first-order valence-corrected chi connectivity index (χ1v) is 12.9. The maximum atomic E-state index is 11.0. The number of nitrogen functional groups attached to an aromatic ring is 1. The molecule has 0 amide bonds. The summed E-state index contributed by atoms with van der Waals surface area (Å²) < 4.78 is 0. The molecule has 0 aliphatic rings. The number of nitro groups is 2. The zero-order chi connectivity index (χ0) is 31.5. The molecule has 3 aromatic carbocycles. The Morgan fingerprint density at radius 1 is 0.786 bits per heavy atom. The third-order valence-electron chi connectivity index (χ3n) is 5.43.